The van der Waals surface area contributed by atoms with Gasteiger partial charge >= 0.3 is 5.97 Å². The fourth-order valence-corrected chi connectivity index (χ4v) is 2.44. The number of hydrogen-bond acceptors (Lipinski definition) is 1. The zero-order chi connectivity index (χ0) is 12.0. The van der Waals surface area contributed by atoms with Gasteiger partial charge in [-0.1, -0.05) is 11.6 Å². The summed E-state index contributed by atoms with van der Waals surface area (Å²) in [4.78, 5) is 11.2. The van der Waals surface area contributed by atoms with Crippen molar-refractivity contribution in [2.45, 2.75) is 13.8 Å². The Balaban J connectivity index is 3.02. The summed E-state index contributed by atoms with van der Waals surface area (Å²) in [6.07, 6.45) is 0. The van der Waals surface area contributed by atoms with Gasteiger partial charge in [-0.15, -0.1) is 0 Å². The Morgan fingerprint density at radius 2 is 2.00 bits per heavy atom. The van der Waals surface area contributed by atoms with Crippen LogP contribution in [0.5, 0.6) is 0 Å². The van der Waals surface area contributed by atoms with E-state index in [0.717, 1.165) is 16.8 Å². The molecule has 0 amide bonds. The summed E-state index contributed by atoms with van der Waals surface area (Å²) in [5, 5.41) is 10.5. The van der Waals surface area contributed by atoms with E-state index in [1.54, 1.807) is 13.0 Å². The standard InChI is InChI=1S/C12H12ClNO2/c1-6-4-8(13)5-9-10(12(15)16)7(2)14(3)11(6)9/h4-5H,1-3H3,(H,15,16). The van der Waals surface area contributed by atoms with Gasteiger partial charge in [-0.25, -0.2) is 4.79 Å². The van der Waals surface area contributed by atoms with E-state index in [1.807, 2.05) is 24.6 Å². The Morgan fingerprint density at radius 1 is 1.38 bits per heavy atom. The highest BCUT2D eigenvalue weighted by atomic mass is 35.5. The molecular weight excluding hydrogens is 226 g/mol. The van der Waals surface area contributed by atoms with Crippen molar-refractivity contribution in [3.63, 3.8) is 0 Å². The number of halogens is 1. The molecule has 0 saturated heterocycles. The van der Waals surface area contributed by atoms with Crippen LogP contribution in [0.25, 0.3) is 10.9 Å². The molecule has 1 aromatic carbocycles. The molecule has 2 aromatic rings. The third-order valence-corrected chi connectivity index (χ3v) is 3.17. The van der Waals surface area contributed by atoms with Gasteiger partial charge in [-0.2, -0.15) is 0 Å². The Kier molecular flexibility index (Phi) is 2.43. The van der Waals surface area contributed by atoms with E-state index in [2.05, 4.69) is 0 Å². The van der Waals surface area contributed by atoms with E-state index in [9.17, 15) is 9.90 Å². The summed E-state index contributed by atoms with van der Waals surface area (Å²) in [6, 6.07) is 3.55. The number of benzene rings is 1. The van der Waals surface area contributed by atoms with Gasteiger partial charge in [0.1, 0.15) is 0 Å². The van der Waals surface area contributed by atoms with Crippen molar-refractivity contribution in [1.29, 1.82) is 0 Å². The zero-order valence-electron chi connectivity index (χ0n) is 9.34. The quantitative estimate of drug-likeness (QED) is 0.828. The SMILES string of the molecule is Cc1cc(Cl)cc2c(C(=O)O)c(C)n(C)c12. The molecule has 0 aliphatic heterocycles. The average Bonchev–Trinajstić information content (AvgIpc) is 2.38. The lowest BCUT2D eigenvalue weighted by molar-refractivity contribution is 0.0698. The predicted octanol–water partition coefficient (Wildman–Crippen LogP) is 3.15. The number of aromatic nitrogens is 1. The summed E-state index contributed by atoms with van der Waals surface area (Å²) >= 11 is 5.96. The molecule has 0 aliphatic carbocycles. The minimum absolute atomic E-state index is 0.336. The first-order valence-corrected chi connectivity index (χ1v) is 5.29. The molecule has 0 aliphatic rings. The van der Waals surface area contributed by atoms with Gasteiger partial charge in [0.15, 0.2) is 0 Å². The zero-order valence-corrected chi connectivity index (χ0v) is 10.1. The Hall–Kier alpha value is -1.48. The molecule has 1 heterocycles. The summed E-state index contributed by atoms with van der Waals surface area (Å²) < 4.78 is 1.89. The summed E-state index contributed by atoms with van der Waals surface area (Å²) in [6.45, 7) is 3.73. The van der Waals surface area contributed by atoms with Gasteiger partial charge < -0.3 is 9.67 Å². The third kappa shape index (κ3) is 1.39. The Bertz CT molecular complexity index is 599. The van der Waals surface area contributed by atoms with Crippen molar-refractivity contribution in [3.8, 4) is 0 Å². The van der Waals surface area contributed by atoms with E-state index in [1.165, 1.54) is 0 Å². The fourth-order valence-electron chi connectivity index (χ4n) is 2.17. The minimum atomic E-state index is -0.912. The number of aryl methyl sites for hydroxylation is 2. The lowest BCUT2D eigenvalue weighted by Gasteiger charge is -2.02. The van der Waals surface area contributed by atoms with Crippen LogP contribution in [-0.2, 0) is 7.05 Å². The highest BCUT2D eigenvalue weighted by Crippen LogP contribution is 2.30. The molecule has 1 N–H and O–H groups in total. The molecule has 1 aromatic heterocycles. The second kappa shape index (κ2) is 3.52. The maximum absolute atomic E-state index is 11.2. The van der Waals surface area contributed by atoms with Crippen molar-refractivity contribution < 1.29 is 9.90 Å². The lowest BCUT2D eigenvalue weighted by Crippen LogP contribution is -1.99. The van der Waals surface area contributed by atoms with Gasteiger partial charge in [0, 0.05) is 23.2 Å². The second-order valence-corrected chi connectivity index (χ2v) is 4.38. The maximum Gasteiger partial charge on any atom is 0.338 e. The predicted molar refractivity (Wildman–Crippen MR) is 64.4 cm³/mol. The van der Waals surface area contributed by atoms with E-state index in [4.69, 9.17) is 11.6 Å². The maximum atomic E-state index is 11.2. The molecule has 0 unspecified atom stereocenters. The van der Waals surface area contributed by atoms with E-state index in [-0.39, 0.29) is 0 Å². The van der Waals surface area contributed by atoms with Gasteiger partial charge in [0.05, 0.1) is 11.1 Å². The van der Waals surface area contributed by atoms with Crippen molar-refractivity contribution >= 4 is 28.5 Å². The van der Waals surface area contributed by atoms with E-state index in [0.29, 0.717) is 16.0 Å². The molecule has 0 bridgehead atoms. The lowest BCUT2D eigenvalue weighted by atomic mass is 10.1. The molecule has 0 radical (unpaired) electrons. The van der Waals surface area contributed by atoms with Crippen LogP contribution >= 0.6 is 11.6 Å². The number of nitrogens with zero attached hydrogens (tertiary/aromatic N) is 1. The largest absolute Gasteiger partial charge is 0.478 e. The first-order valence-electron chi connectivity index (χ1n) is 4.92. The molecule has 3 nitrogen and oxygen atoms in total. The highest BCUT2D eigenvalue weighted by molar-refractivity contribution is 6.31. The van der Waals surface area contributed by atoms with Crippen molar-refractivity contribution in [2.75, 3.05) is 0 Å². The minimum Gasteiger partial charge on any atom is -0.478 e. The third-order valence-electron chi connectivity index (χ3n) is 2.95. The van der Waals surface area contributed by atoms with Crippen LogP contribution in [0.2, 0.25) is 5.02 Å². The van der Waals surface area contributed by atoms with Crippen LogP contribution < -0.4 is 0 Å². The molecule has 0 spiro atoms. The van der Waals surface area contributed by atoms with E-state index >= 15 is 0 Å². The van der Waals surface area contributed by atoms with Crippen molar-refractivity contribution in [1.82, 2.24) is 4.57 Å². The van der Waals surface area contributed by atoms with Gasteiger partial charge in [0.25, 0.3) is 0 Å². The highest BCUT2D eigenvalue weighted by Gasteiger charge is 2.19. The van der Waals surface area contributed by atoms with Crippen molar-refractivity contribution in [2.24, 2.45) is 7.05 Å². The van der Waals surface area contributed by atoms with E-state index < -0.39 is 5.97 Å². The molecule has 16 heavy (non-hydrogen) atoms. The average molecular weight is 238 g/mol. The number of rotatable bonds is 1. The molecule has 0 fully saturated rings. The normalized spacial score (nSPS) is 11.0. The van der Waals surface area contributed by atoms with Gasteiger partial charge in [-0.05, 0) is 31.5 Å². The molecule has 4 heteroatoms. The summed E-state index contributed by atoms with van der Waals surface area (Å²) in [7, 11) is 1.87. The topological polar surface area (TPSA) is 42.2 Å². The van der Waals surface area contributed by atoms with Crippen LogP contribution in [0.15, 0.2) is 12.1 Å². The number of carbonyl (C=O) groups is 1. The summed E-state index contributed by atoms with van der Waals surface area (Å²) in [5.41, 5.74) is 3.00. The monoisotopic (exact) mass is 237 g/mol. The van der Waals surface area contributed by atoms with Crippen LogP contribution in [0.4, 0.5) is 0 Å². The van der Waals surface area contributed by atoms with Crippen LogP contribution in [0, 0.1) is 13.8 Å². The number of carboxylic acid groups (broad SMARTS) is 1. The molecule has 0 saturated carbocycles. The Labute approximate surface area is 98.3 Å². The molecule has 0 atom stereocenters. The number of fused-ring (bicyclic) bond motifs is 1. The number of hydrogen-bond donors (Lipinski definition) is 1. The summed E-state index contributed by atoms with van der Waals surface area (Å²) in [5.74, 6) is -0.912. The van der Waals surface area contributed by atoms with Crippen LogP contribution in [0.1, 0.15) is 21.6 Å². The fraction of sp³-hybridized carbons (Fsp3) is 0.250. The van der Waals surface area contributed by atoms with Gasteiger partial charge in [0.2, 0.25) is 0 Å². The van der Waals surface area contributed by atoms with Crippen LogP contribution in [-0.4, -0.2) is 15.6 Å². The smallest absolute Gasteiger partial charge is 0.338 e. The number of carboxylic acids is 1. The molecular formula is C12H12ClNO2. The second-order valence-electron chi connectivity index (χ2n) is 3.94. The van der Waals surface area contributed by atoms with Gasteiger partial charge in [-0.3, -0.25) is 0 Å². The van der Waals surface area contributed by atoms with Crippen molar-refractivity contribution in [3.05, 3.63) is 34.0 Å². The molecule has 2 rings (SSSR count). The number of aromatic carboxylic acids is 1. The van der Waals surface area contributed by atoms with Crippen LogP contribution in [0.3, 0.4) is 0 Å². The first-order chi connectivity index (χ1) is 7.43. The molecule has 84 valence electrons. The first kappa shape index (κ1) is 11.0. The Morgan fingerprint density at radius 3 is 2.56 bits per heavy atom.